The van der Waals surface area contributed by atoms with Crippen molar-refractivity contribution in [3.8, 4) is 0 Å². The van der Waals surface area contributed by atoms with Crippen LogP contribution in [0.5, 0.6) is 0 Å². The number of benzene rings is 1. The summed E-state index contributed by atoms with van der Waals surface area (Å²) in [7, 11) is 0. The zero-order chi connectivity index (χ0) is 10.4. The van der Waals surface area contributed by atoms with E-state index in [4.69, 9.17) is 4.42 Å². The Bertz CT molecular complexity index is 538. The molecule has 0 unspecified atom stereocenters. The summed E-state index contributed by atoms with van der Waals surface area (Å²) in [5, 5.41) is 0.652. The number of rotatable bonds is 2. The lowest BCUT2D eigenvalue weighted by atomic mass is 10.2. The van der Waals surface area contributed by atoms with Gasteiger partial charge in [0.15, 0.2) is 17.2 Å². The fraction of sp³-hybridized carbons (Fsp3) is 0.250. The Morgan fingerprint density at radius 3 is 2.87 bits per heavy atom. The molecular weight excluding hydrogens is 195 g/mol. The molecule has 0 amide bonds. The van der Waals surface area contributed by atoms with Crippen molar-refractivity contribution >= 4 is 16.8 Å². The van der Waals surface area contributed by atoms with Crippen molar-refractivity contribution in [1.29, 1.82) is 0 Å². The van der Waals surface area contributed by atoms with Gasteiger partial charge in [0.05, 0.1) is 0 Å². The third-order valence-electron chi connectivity index (χ3n) is 2.69. The van der Waals surface area contributed by atoms with Crippen LogP contribution in [0.3, 0.4) is 0 Å². The molecular formula is C12H9FO2. The highest BCUT2D eigenvalue weighted by Gasteiger charge is 2.32. The number of fused-ring (bicyclic) bond motifs is 1. The lowest BCUT2D eigenvalue weighted by molar-refractivity contribution is 0.0942. The van der Waals surface area contributed by atoms with E-state index in [9.17, 15) is 9.18 Å². The number of furan rings is 1. The molecule has 3 heteroatoms. The van der Waals surface area contributed by atoms with Crippen molar-refractivity contribution in [2.75, 3.05) is 0 Å². The van der Waals surface area contributed by atoms with Crippen LogP contribution in [0.2, 0.25) is 0 Å². The van der Waals surface area contributed by atoms with Crippen LogP contribution in [0.4, 0.5) is 4.39 Å². The Morgan fingerprint density at radius 2 is 2.20 bits per heavy atom. The highest BCUT2D eigenvalue weighted by atomic mass is 19.1. The summed E-state index contributed by atoms with van der Waals surface area (Å²) in [4.78, 5) is 11.7. The number of halogens is 1. The fourth-order valence-electron chi connectivity index (χ4n) is 1.70. The van der Waals surface area contributed by atoms with Crippen LogP contribution in [-0.4, -0.2) is 5.78 Å². The summed E-state index contributed by atoms with van der Waals surface area (Å²) in [6, 6.07) is 6.31. The zero-order valence-corrected chi connectivity index (χ0v) is 8.00. The van der Waals surface area contributed by atoms with Gasteiger partial charge in [0.1, 0.15) is 0 Å². The molecule has 0 atom stereocenters. The molecule has 1 saturated carbocycles. The Kier molecular flexibility index (Phi) is 1.69. The first-order valence-corrected chi connectivity index (χ1v) is 4.98. The lowest BCUT2D eigenvalue weighted by Gasteiger charge is -1.90. The van der Waals surface area contributed by atoms with Gasteiger partial charge >= 0.3 is 0 Å². The molecule has 3 rings (SSSR count). The van der Waals surface area contributed by atoms with Crippen LogP contribution in [-0.2, 0) is 0 Å². The van der Waals surface area contributed by atoms with Gasteiger partial charge < -0.3 is 4.42 Å². The van der Waals surface area contributed by atoms with Crippen molar-refractivity contribution in [2.24, 2.45) is 5.92 Å². The van der Waals surface area contributed by atoms with Crippen LogP contribution < -0.4 is 0 Å². The average molecular weight is 204 g/mol. The molecule has 2 nitrogen and oxygen atoms in total. The largest absolute Gasteiger partial charge is 0.450 e. The maximum Gasteiger partial charge on any atom is 0.201 e. The van der Waals surface area contributed by atoms with Gasteiger partial charge in [0, 0.05) is 11.3 Å². The number of carbonyl (C=O) groups is 1. The van der Waals surface area contributed by atoms with Crippen LogP contribution in [0, 0.1) is 11.7 Å². The molecule has 0 bridgehead atoms. The van der Waals surface area contributed by atoms with Gasteiger partial charge in [-0.2, -0.15) is 0 Å². The molecule has 1 heterocycles. The van der Waals surface area contributed by atoms with Gasteiger partial charge in [-0.1, -0.05) is 12.1 Å². The lowest BCUT2D eigenvalue weighted by Crippen LogP contribution is -1.98. The molecule has 1 aromatic heterocycles. The number of hydrogen-bond acceptors (Lipinski definition) is 2. The molecule has 1 aromatic carbocycles. The smallest absolute Gasteiger partial charge is 0.201 e. The SMILES string of the molecule is O=C(c1cc2cccc(F)c2o1)C1CC1. The third kappa shape index (κ3) is 1.35. The van der Waals surface area contributed by atoms with E-state index >= 15 is 0 Å². The Labute approximate surface area is 85.7 Å². The zero-order valence-electron chi connectivity index (χ0n) is 8.00. The number of carbonyl (C=O) groups excluding carboxylic acids is 1. The van der Waals surface area contributed by atoms with E-state index in [0.717, 1.165) is 12.8 Å². The van der Waals surface area contributed by atoms with Gasteiger partial charge in [-0.3, -0.25) is 4.79 Å². The molecule has 0 radical (unpaired) electrons. The van der Waals surface area contributed by atoms with Crippen LogP contribution in [0.1, 0.15) is 23.4 Å². The predicted octanol–water partition coefficient (Wildman–Crippen LogP) is 3.16. The second kappa shape index (κ2) is 2.92. The van der Waals surface area contributed by atoms with Crippen molar-refractivity contribution < 1.29 is 13.6 Å². The molecule has 76 valence electrons. The second-order valence-corrected chi connectivity index (χ2v) is 3.91. The minimum atomic E-state index is -0.414. The molecule has 2 aromatic rings. The quantitative estimate of drug-likeness (QED) is 0.703. The minimum absolute atomic E-state index is 0.00519. The van der Waals surface area contributed by atoms with Crippen LogP contribution in [0.25, 0.3) is 11.0 Å². The van der Waals surface area contributed by atoms with Gasteiger partial charge in [0.25, 0.3) is 0 Å². The maximum absolute atomic E-state index is 13.3. The number of Topliss-reactive ketones (excluding diaryl/α,β-unsaturated/α-hetero) is 1. The molecule has 1 fully saturated rings. The normalized spacial score (nSPS) is 15.8. The molecule has 15 heavy (non-hydrogen) atoms. The molecule has 0 saturated heterocycles. The maximum atomic E-state index is 13.3. The summed E-state index contributed by atoms with van der Waals surface area (Å²) in [5.74, 6) is -0.0147. The van der Waals surface area contributed by atoms with Crippen molar-refractivity contribution in [3.05, 3.63) is 35.8 Å². The second-order valence-electron chi connectivity index (χ2n) is 3.91. The predicted molar refractivity (Wildman–Crippen MR) is 53.2 cm³/mol. The Hall–Kier alpha value is -1.64. The van der Waals surface area contributed by atoms with E-state index in [0.29, 0.717) is 5.39 Å². The van der Waals surface area contributed by atoms with Gasteiger partial charge in [0.2, 0.25) is 5.78 Å². The monoisotopic (exact) mass is 204 g/mol. The Balaban J connectivity index is 2.13. The summed E-state index contributed by atoms with van der Waals surface area (Å²) in [6.07, 6.45) is 1.86. The molecule has 0 aliphatic heterocycles. The van der Waals surface area contributed by atoms with Gasteiger partial charge in [-0.05, 0) is 25.0 Å². The van der Waals surface area contributed by atoms with E-state index < -0.39 is 5.82 Å². The topological polar surface area (TPSA) is 30.2 Å². The molecule has 1 aliphatic rings. The highest BCUT2D eigenvalue weighted by molar-refractivity contribution is 6.00. The van der Waals surface area contributed by atoms with Crippen molar-refractivity contribution in [2.45, 2.75) is 12.8 Å². The van der Waals surface area contributed by atoms with Gasteiger partial charge in [-0.25, -0.2) is 4.39 Å². The first kappa shape index (κ1) is 8.65. The van der Waals surface area contributed by atoms with E-state index in [2.05, 4.69) is 0 Å². The third-order valence-corrected chi connectivity index (χ3v) is 2.69. The number of para-hydroxylation sites is 1. The number of hydrogen-bond donors (Lipinski definition) is 0. The molecule has 1 aliphatic carbocycles. The minimum Gasteiger partial charge on any atom is -0.450 e. The first-order chi connectivity index (χ1) is 7.25. The summed E-state index contributed by atoms with van der Waals surface area (Å²) in [5.41, 5.74) is 0.182. The van der Waals surface area contributed by atoms with E-state index in [1.807, 2.05) is 0 Å². The van der Waals surface area contributed by atoms with Gasteiger partial charge in [-0.15, -0.1) is 0 Å². The van der Waals surface area contributed by atoms with Crippen LogP contribution >= 0.6 is 0 Å². The standard InChI is InChI=1S/C12H9FO2/c13-9-3-1-2-8-6-10(15-12(8)9)11(14)7-4-5-7/h1-3,6-7H,4-5H2. The van der Waals surface area contributed by atoms with Crippen molar-refractivity contribution in [3.63, 3.8) is 0 Å². The Morgan fingerprint density at radius 1 is 1.40 bits per heavy atom. The van der Waals surface area contributed by atoms with Crippen molar-refractivity contribution in [1.82, 2.24) is 0 Å². The summed E-state index contributed by atoms with van der Waals surface area (Å²) < 4.78 is 18.5. The van der Waals surface area contributed by atoms with E-state index in [-0.39, 0.29) is 23.0 Å². The molecule has 0 N–H and O–H groups in total. The van der Waals surface area contributed by atoms with Crippen LogP contribution in [0.15, 0.2) is 28.7 Å². The average Bonchev–Trinajstić information content (AvgIpc) is 2.97. The fourth-order valence-corrected chi connectivity index (χ4v) is 1.70. The van der Waals surface area contributed by atoms with E-state index in [1.165, 1.54) is 6.07 Å². The summed E-state index contributed by atoms with van der Waals surface area (Å²) >= 11 is 0. The summed E-state index contributed by atoms with van der Waals surface area (Å²) in [6.45, 7) is 0. The number of ketones is 1. The molecule has 0 spiro atoms. The van der Waals surface area contributed by atoms with E-state index in [1.54, 1.807) is 18.2 Å². The highest BCUT2D eigenvalue weighted by Crippen LogP contribution is 2.34. The first-order valence-electron chi connectivity index (χ1n) is 4.98.